The van der Waals surface area contributed by atoms with Gasteiger partial charge in [0.2, 0.25) is 0 Å². The van der Waals surface area contributed by atoms with Gasteiger partial charge in [0.25, 0.3) is 0 Å². The van der Waals surface area contributed by atoms with E-state index in [0.717, 1.165) is 0 Å². The Hall–Kier alpha value is -0.450. The molecule has 4 nitrogen and oxygen atoms in total. The average molecular weight is 160 g/mol. The Morgan fingerprint density at radius 2 is 2.18 bits per heavy atom. The Morgan fingerprint density at radius 3 is 2.55 bits per heavy atom. The number of hydrogen-bond donors (Lipinski definition) is 2. The van der Waals surface area contributed by atoms with Gasteiger partial charge < -0.3 is 15.8 Å². The van der Waals surface area contributed by atoms with E-state index >= 15 is 0 Å². The number of rotatable bonds is 5. The number of carbonyl (C=O) groups excluding carboxylic acids is 1. The summed E-state index contributed by atoms with van der Waals surface area (Å²) in [5.74, 6) is 0.00505. The number of carbonyl (C=O) groups is 1. The molecular weight excluding hydrogens is 144 g/mol. The third-order valence-corrected chi connectivity index (χ3v) is 1.45. The van der Waals surface area contributed by atoms with Crippen LogP contribution < -0.4 is 11.1 Å². The van der Waals surface area contributed by atoms with Crippen LogP contribution in [0.2, 0.25) is 0 Å². The molecule has 0 rings (SSSR count). The second kappa shape index (κ2) is 4.43. The van der Waals surface area contributed by atoms with E-state index in [1.807, 2.05) is 0 Å². The van der Waals surface area contributed by atoms with Gasteiger partial charge in [-0.25, -0.2) is 0 Å². The van der Waals surface area contributed by atoms with E-state index in [9.17, 15) is 4.79 Å². The molecule has 0 saturated carbocycles. The second-order valence-electron chi connectivity index (χ2n) is 2.77. The van der Waals surface area contributed by atoms with Crippen molar-refractivity contribution in [3.05, 3.63) is 0 Å². The molecular formula is C7H16N2O2. The van der Waals surface area contributed by atoms with Crippen LogP contribution in [0.4, 0.5) is 0 Å². The van der Waals surface area contributed by atoms with Crippen molar-refractivity contribution in [2.45, 2.75) is 19.4 Å². The highest BCUT2D eigenvalue weighted by Crippen LogP contribution is 2.08. The van der Waals surface area contributed by atoms with Crippen LogP contribution in [-0.4, -0.2) is 31.7 Å². The summed E-state index contributed by atoms with van der Waals surface area (Å²) >= 11 is 0. The molecule has 0 saturated heterocycles. The monoisotopic (exact) mass is 160 g/mol. The molecule has 0 atom stereocenters. The van der Waals surface area contributed by atoms with E-state index in [4.69, 9.17) is 10.5 Å². The van der Waals surface area contributed by atoms with Crippen molar-refractivity contribution in [2.75, 3.05) is 20.3 Å². The van der Waals surface area contributed by atoms with Crippen molar-refractivity contribution in [3.8, 4) is 0 Å². The van der Waals surface area contributed by atoms with Gasteiger partial charge in [0.15, 0.2) is 5.78 Å². The van der Waals surface area contributed by atoms with Crippen LogP contribution in [-0.2, 0) is 9.53 Å². The van der Waals surface area contributed by atoms with Crippen LogP contribution in [0.1, 0.15) is 13.8 Å². The van der Waals surface area contributed by atoms with E-state index in [2.05, 4.69) is 5.32 Å². The third-order valence-electron chi connectivity index (χ3n) is 1.45. The number of nitrogens with two attached hydrogens (primary N) is 1. The predicted molar refractivity (Wildman–Crippen MR) is 43.2 cm³/mol. The van der Waals surface area contributed by atoms with Crippen LogP contribution in [0.25, 0.3) is 0 Å². The molecule has 0 aliphatic heterocycles. The highest BCUT2D eigenvalue weighted by molar-refractivity contribution is 5.88. The quantitative estimate of drug-likeness (QED) is 0.531. The van der Waals surface area contributed by atoms with Crippen LogP contribution in [0, 0.1) is 0 Å². The maximum atomic E-state index is 11.2. The first-order valence-corrected chi connectivity index (χ1v) is 3.56. The molecule has 0 aliphatic rings. The highest BCUT2D eigenvalue weighted by Gasteiger charge is 2.26. The molecule has 0 aliphatic carbocycles. The number of nitrogens with one attached hydrogen (secondary N) is 1. The van der Waals surface area contributed by atoms with Gasteiger partial charge in [-0.3, -0.25) is 4.79 Å². The van der Waals surface area contributed by atoms with Crippen LogP contribution >= 0.6 is 0 Å². The number of hydrogen-bond acceptors (Lipinski definition) is 4. The lowest BCUT2D eigenvalue weighted by atomic mass is 10.0. The summed E-state index contributed by atoms with van der Waals surface area (Å²) in [6.45, 7) is 3.80. The summed E-state index contributed by atoms with van der Waals surface area (Å²) in [5, 5.41) is 2.76. The fourth-order valence-electron chi connectivity index (χ4n) is 0.662. The van der Waals surface area contributed by atoms with E-state index in [1.165, 1.54) is 0 Å². The molecule has 4 heteroatoms. The van der Waals surface area contributed by atoms with Gasteiger partial charge in [-0.15, -0.1) is 0 Å². The fourth-order valence-corrected chi connectivity index (χ4v) is 0.662. The Bertz CT molecular complexity index is 134. The van der Waals surface area contributed by atoms with Crippen molar-refractivity contribution in [1.82, 2.24) is 5.32 Å². The Labute approximate surface area is 67.1 Å². The predicted octanol–water partition coefficient (Wildman–Crippen LogP) is -0.514. The fraction of sp³-hybridized carbons (Fsp3) is 0.857. The van der Waals surface area contributed by atoms with Crippen LogP contribution in [0.15, 0.2) is 0 Å². The molecule has 0 aromatic carbocycles. The van der Waals surface area contributed by atoms with Gasteiger partial charge >= 0.3 is 0 Å². The Balaban J connectivity index is 3.94. The average Bonchev–Trinajstić information content (AvgIpc) is 1.88. The first-order valence-electron chi connectivity index (χ1n) is 3.56. The van der Waals surface area contributed by atoms with Gasteiger partial charge in [0, 0.05) is 0 Å². The minimum absolute atomic E-state index is 0.00505. The van der Waals surface area contributed by atoms with Crippen LogP contribution in [0.5, 0.6) is 0 Å². The zero-order valence-corrected chi connectivity index (χ0v) is 7.31. The molecule has 0 radical (unpaired) electrons. The topological polar surface area (TPSA) is 64.3 Å². The van der Waals surface area contributed by atoms with E-state index < -0.39 is 5.60 Å². The smallest absolute Gasteiger partial charge is 0.177 e. The van der Waals surface area contributed by atoms with Gasteiger partial charge in [-0.2, -0.15) is 0 Å². The van der Waals surface area contributed by atoms with Crippen molar-refractivity contribution in [1.29, 1.82) is 0 Å². The molecule has 0 heterocycles. The Kier molecular flexibility index (Phi) is 4.25. The van der Waals surface area contributed by atoms with Crippen molar-refractivity contribution in [2.24, 2.45) is 5.73 Å². The molecule has 0 spiro atoms. The maximum absolute atomic E-state index is 11.2. The van der Waals surface area contributed by atoms with Crippen molar-refractivity contribution >= 4 is 5.78 Å². The molecule has 0 aromatic rings. The number of ketones is 1. The first-order chi connectivity index (χ1) is 5.04. The van der Waals surface area contributed by atoms with Gasteiger partial charge in [0.1, 0.15) is 5.60 Å². The highest BCUT2D eigenvalue weighted by atomic mass is 16.5. The molecule has 0 fully saturated rings. The second-order valence-corrected chi connectivity index (χ2v) is 2.77. The summed E-state index contributed by atoms with van der Waals surface area (Å²) in [6, 6.07) is 0. The first kappa shape index (κ1) is 10.6. The van der Waals surface area contributed by atoms with E-state index in [1.54, 1.807) is 20.9 Å². The molecule has 0 unspecified atom stereocenters. The van der Waals surface area contributed by atoms with Gasteiger partial charge in [-0.1, -0.05) is 0 Å². The minimum atomic E-state index is -0.766. The molecule has 0 bridgehead atoms. The minimum Gasteiger partial charge on any atom is -0.353 e. The molecule has 0 amide bonds. The number of likely N-dealkylation sites (N-methyl/N-ethyl adjacent to an activating group) is 1. The Morgan fingerprint density at radius 1 is 1.64 bits per heavy atom. The number of ether oxygens (including phenoxy) is 1. The van der Waals surface area contributed by atoms with E-state index in [0.29, 0.717) is 6.54 Å². The summed E-state index contributed by atoms with van der Waals surface area (Å²) in [4.78, 5) is 11.2. The normalized spacial score (nSPS) is 11.6. The molecule has 66 valence electrons. The third kappa shape index (κ3) is 3.46. The lowest BCUT2D eigenvalue weighted by Crippen LogP contribution is -2.41. The van der Waals surface area contributed by atoms with E-state index in [-0.39, 0.29) is 12.5 Å². The lowest BCUT2D eigenvalue weighted by molar-refractivity contribution is -0.139. The van der Waals surface area contributed by atoms with Gasteiger partial charge in [-0.05, 0) is 20.9 Å². The SMILES string of the molecule is CNCC(=O)C(C)(C)OCN. The largest absolute Gasteiger partial charge is 0.353 e. The maximum Gasteiger partial charge on any atom is 0.177 e. The molecule has 0 aromatic heterocycles. The molecule has 11 heavy (non-hydrogen) atoms. The van der Waals surface area contributed by atoms with Crippen molar-refractivity contribution in [3.63, 3.8) is 0 Å². The zero-order valence-electron chi connectivity index (χ0n) is 7.31. The lowest BCUT2D eigenvalue weighted by Gasteiger charge is -2.22. The van der Waals surface area contributed by atoms with Crippen LogP contribution in [0.3, 0.4) is 0 Å². The van der Waals surface area contributed by atoms with Gasteiger partial charge in [0.05, 0.1) is 13.3 Å². The standard InChI is InChI=1S/C7H16N2O2/c1-7(2,11-5-8)6(10)4-9-3/h9H,4-5,8H2,1-3H3. The summed E-state index contributed by atoms with van der Waals surface area (Å²) in [5.41, 5.74) is 4.39. The van der Waals surface area contributed by atoms with Crippen molar-refractivity contribution < 1.29 is 9.53 Å². The summed E-state index contributed by atoms with van der Waals surface area (Å²) in [6.07, 6.45) is 0. The summed E-state index contributed by atoms with van der Waals surface area (Å²) < 4.78 is 5.03. The summed E-state index contributed by atoms with van der Waals surface area (Å²) in [7, 11) is 1.72. The number of Topliss-reactive ketones (excluding diaryl/α,β-unsaturated/α-hetero) is 1. The zero-order chi connectivity index (χ0) is 8.91. The molecule has 3 N–H and O–H groups in total.